The standard InChI is InChI=1S/C22H18FNO6S2.2C14H12FNO2S.C9H10.C8H7ClO4S.C6H4ClFO2S.3ClH.Fe/c23-16-1-3-17(4-2-16)32(27,28)24-10-9-15-13-18(5-7-20(15)24)31(25,26)19-6-8-21-22(14-19)30-12-11-29-21;2*15-12-5-7-13(8-6-12)19(17,18)16-10-9-11-3-1-2-4-14(11)16;1-2-5-9-7-3-6-8(9)4-1;9-14(10,11)6-1-2-7-8(5-6)13-4-3-12-7;7-11(9,10)6-3-1-5(8)2-4-6;;;;/h1-8,13-14H,9-12H2;2*1-8H,9-10H2;1-2,4-5H,3,6-7H2;1-2,5H,3-4H2;1-4H;3*1H;/q;;;;;;;;;+3/p-3. The van der Waals surface area contributed by atoms with Gasteiger partial charge in [0.1, 0.15) is 49.7 Å². The molecule has 19 nitrogen and oxygen atoms in total. The Kier molecular flexibility index (Phi) is 27.5. The third kappa shape index (κ3) is 20.8. The predicted octanol–water partition coefficient (Wildman–Crippen LogP) is 15.7. The van der Waals surface area contributed by atoms with Crippen LogP contribution in [0.3, 0.4) is 0 Å². The summed E-state index contributed by atoms with van der Waals surface area (Å²) in [5.41, 5.74) is 7.62. The van der Waals surface area contributed by atoms with E-state index in [1.807, 2.05) is 36.4 Å². The zero-order valence-corrected chi connectivity index (χ0v) is 65.9. The molecule has 108 heavy (non-hydrogen) atoms. The van der Waals surface area contributed by atoms with E-state index in [0.717, 1.165) is 71.8 Å². The maximum absolute atomic E-state index is 13.2. The van der Waals surface area contributed by atoms with Crippen LogP contribution in [0.5, 0.6) is 23.0 Å². The molecule has 0 atom stereocenters. The summed E-state index contributed by atoms with van der Waals surface area (Å²) in [7, 11) is 2.44. The van der Waals surface area contributed by atoms with Crippen molar-refractivity contribution in [2.75, 3.05) is 59.0 Å². The minimum atomic E-state index is -3.89. The van der Waals surface area contributed by atoms with E-state index in [1.54, 1.807) is 29.3 Å². The van der Waals surface area contributed by atoms with Crippen molar-refractivity contribution >= 4 is 127 Å². The van der Waals surface area contributed by atoms with E-state index >= 15 is 0 Å². The Morgan fingerprint density at radius 2 is 0.574 bits per heavy atom. The van der Waals surface area contributed by atoms with Crippen molar-refractivity contribution in [3.63, 3.8) is 0 Å². The zero-order valence-electron chi connectivity index (χ0n) is 56.1. The summed E-state index contributed by atoms with van der Waals surface area (Å²) in [4.78, 5) is 0.254. The smallest absolute Gasteiger partial charge is 0.0273 e. The first-order valence-electron chi connectivity index (χ1n) is 32.3. The first kappa shape index (κ1) is 82.7. The molecule has 0 spiro atoms. The number of aryl methyl sites for hydroxylation is 2. The Bertz CT molecular complexity index is 5450. The normalized spacial score (nSPS) is 14.5. The molecule has 0 N–H and O–H groups in total. The van der Waals surface area contributed by atoms with Gasteiger partial charge in [-0.05, 0) is 218 Å². The van der Waals surface area contributed by atoms with Crippen molar-refractivity contribution < 1.29 is 98.2 Å². The van der Waals surface area contributed by atoms with Crippen LogP contribution in [0.1, 0.15) is 34.2 Å². The maximum Gasteiger partial charge on any atom is -0.0273 e. The van der Waals surface area contributed by atoms with Crippen molar-refractivity contribution in [2.24, 2.45) is 0 Å². The van der Waals surface area contributed by atoms with Gasteiger partial charge in [-0.2, -0.15) is 0 Å². The van der Waals surface area contributed by atoms with E-state index < -0.39 is 92.4 Å². The summed E-state index contributed by atoms with van der Waals surface area (Å²) in [6.07, 6.45) is 5.74. The molecular weight excluding hydrogens is 1680 g/mol. The fraction of sp³-hybridized carbons (Fsp3) is 0.178. The second kappa shape index (κ2) is 35.9. The number of fused-ring (bicyclic) bond motifs is 6. The van der Waals surface area contributed by atoms with Crippen LogP contribution >= 0.6 is 51.7 Å². The molecule has 1 aliphatic carbocycles. The van der Waals surface area contributed by atoms with Crippen LogP contribution < -0.4 is 31.9 Å². The van der Waals surface area contributed by atoms with Gasteiger partial charge in [0.15, 0.2) is 23.0 Å². The molecule has 0 saturated carbocycles. The van der Waals surface area contributed by atoms with Gasteiger partial charge in [-0.1, -0.05) is 60.7 Å². The Morgan fingerprint density at radius 1 is 0.296 bits per heavy atom. The number of hydrogen-bond acceptors (Lipinski definition) is 16. The van der Waals surface area contributed by atoms with Gasteiger partial charge in [0.2, 0.25) is 9.84 Å². The molecule has 0 aromatic heterocycles. The molecule has 16 rings (SSSR count). The minimum absolute atomic E-state index is 0.0171. The third-order valence-corrected chi connectivity index (χ3v) is 26.8. The van der Waals surface area contributed by atoms with Crippen molar-refractivity contribution in [1.29, 1.82) is 0 Å². The largest absolute Gasteiger partial charge is 0.0620 e. The maximum atomic E-state index is 13.2. The monoisotopic (exact) mass is 1740 g/mol. The summed E-state index contributed by atoms with van der Waals surface area (Å²) in [5.74, 6) is -0.0884. The molecule has 0 saturated heterocycles. The molecule has 0 radical (unpaired) electrons. The molecule has 5 heterocycles. The molecule has 0 amide bonds. The summed E-state index contributed by atoms with van der Waals surface area (Å²) in [6, 6.07) is 55.4. The van der Waals surface area contributed by atoms with Crippen molar-refractivity contribution in [2.45, 2.75) is 72.8 Å². The fourth-order valence-corrected chi connectivity index (χ4v) is 19.1. The van der Waals surface area contributed by atoms with Crippen molar-refractivity contribution in [1.82, 2.24) is 0 Å². The number of sulfonamides is 3. The van der Waals surface area contributed by atoms with Crippen LogP contribution in [-0.4, -0.2) is 96.6 Å². The average Bonchev–Trinajstić information content (AvgIpc) is 1.54. The first-order chi connectivity index (χ1) is 51.2. The van der Waals surface area contributed by atoms with E-state index in [4.69, 9.17) is 70.6 Å². The number of ether oxygens (including phenoxy) is 4. The Balaban J connectivity index is 0.000000143. The van der Waals surface area contributed by atoms with E-state index in [9.17, 15) is 68.1 Å². The van der Waals surface area contributed by atoms with Gasteiger partial charge in [-0.3, -0.25) is 12.9 Å². The molecule has 5 aliphatic heterocycles. The van der Waals surface area contributed by atoms with Gasteiger partial charge in [-0.25, -0.2) is 68.1 Å². The predicted molar refractivity (Wildman–Crippen MR) is 402 cm³/mol. The van der Waals surface area contributed by atoms with Crippen molar-refractivity contribution in [3.05, 3.63) is 276 Å². The number of hydrogen-bond donors (Lipinski definition) is 0. The number of benzene rings is 10. The van der Waals surface area contributed by atoms with Crippen LogP contribution in [0.4, 0.5) is 34.6 Å². The molecule has 0 fully saturated rings. The Morgan fingerprint density at radius 3 is 0.944 bits per heavy atom. The van der Waals surface area contributed by atoms with E-state index in [2.05, 4.69) is 24.3 Å². The molecule has 0 bridgehead atoms. The van der Waals surface area contributed by atoms with Gasteiger partial charge in [-0.15, -0.1) is 0 Å². The van der Waals surface area contributed by atoms with Gasteiger partial charge in [0, 0.05) is 53.1 Å². The number of nitrogens with zero attached hydrogens (tertiary/aromatic N) is 3. The molecule has 35 heteroatoms. The Hall–Kier alpha value is -7.81. The molecule has 573 valence electrons. The molecular formula is C73H63Cl5F4FeN3O16S6. The van der Waals surface area contributed by atoms with Gasteiger partial charge in [0.25, 0.3) is 48.2 Å². The number of halogens is 9. The number of sulfone groups is 1. The molecule has 10 aromatic carbocycles. The summed E-state index contributed by atoms with van der Waals surface area (Å²) in [5, 5.41) is 0. The molecule has 6 aliphatic rings. The van der Waals surface area contributed by atoms with Crippen LogP contribution in [-0.2, 0) is 101 Å². The molecule has 0 unspecified atom stereocenters. The van der Waals surface area contributed by atoms with Crippen LogP contribution in [0, 0.1) is 23.3 Å². The van der Waals surface area contributed by atoms with E-state index in [1.165, 1.54) is 117 Å². The van der Waals surface area contributed by atoms with Crippen molar-refractivity contribution in [3.8, 4) is 23.0 Å². The topological polar surface area (TPSA) is 251 Å². The summed E-state index contributed by atoms with van der Waals surface area (Å²) >= 11 is -1.33. The number of para-hydroxylation sites is 2. The minimum Gasteiger partial charge on any atom is -0.0620 e. The van der Waals surface area contributed by atoms with Gasteiger partial charge < -0.3 is 18.9 Å². The Labute approximate surface area is 649 Å². The number of rotatable bonds is 10. The van der Waals surface area contributed by atoms with Gasteiger partial charge >= 0.3 is 41.5 Å². The second-order valence-corrected chi connectivity index (χ2v) is 41.7. The SMILES string of the molecule is O=S(=O)(Cl)c1ccc(F)cc1.O=S(=O)(Cl)c1ccc2c(c1)OCCO2.O=S(=O)(c1ccc(F)cc1)N1CCc2ccccc21.O=S(=O)(c1ccc(F)cc1)N1CCc2ccccc21.O=S(=O)(c1ccc2c(c1)CCN2S(=O)(=O)c1ccc(F)cc1)c1ccc2c(c1)OCCO2.[Cl][Fe]([Cl])[Cl].c1ccc2c(c1)CCC2. The first-order valence-corrected chi connectivity index (χ1v) is 47.3. The molecule has 10 aromatic rings. The van der Waals surface area contributed by atoms with Gasteiger partial charge in [0.05, 0.1) is 51.3 Å². The van der Waals surface area contributed by atoms with E-state index in [-0.39, 0.29) is 40.8 Å². The zero-order chi connectivity index (χ0) is 77.8. The summed E-state index contributed by atoms with van der Waals surface area (Å²) < 4.78 is 222. The van der Waals surface area contributed by atoms with Crippen LogP contribution in [0.15, 0.2) is 259 Å². The third-order valence-electron chi connectivity index (χ3n) is 16.8. The average molecular weight is 1740 g/mol. The van der Waals surface area contributed by atoms with Crippen LogP contribution in [0.25, 0.3) is 0 Å². The van der Waals surface area contributed by atoms with E-state index in [0.29, 0.717) is 104 Å². The second-order valence-electron chi connectivity index (χ2n) is 23.6. The van der Waals surface area contributed by atoms with Crippen LogP contribution in [0.2, 0.25) is 0 Å². The quantitative estimate of drug-likeness (QED) is 0.0701. The summed E-state index contributed by atoms with van der Waals surface area (Å²) in [6.45, 7) is 2.66. The number of anilines is 3. The fourth-order valence-electron chi connectivity index (χ4n) is 11.7.